The number of aryl methyl sites for hydroxylation is 1. The van der Waals surface area contributed by atoms with Gasteiger partial charge in [0.2, 0.25) is 5.91 Å². The van der Waals surface area contributed by atoms with Crippen LogP contribution in [0.3, 0.4) is 0 Å². The van der Waals surface area contributed by atoms with Gasteiger partial charge in [0.25, 0.3) is 0 Å². The van der Waals surface area contributed by atoms with Crippen molar-refractivity contribution in [3.63, 3.8) is 0 Å². The summed E-state index contributed by atoms with van der Waals surface area (Å²) in [5, 5.41) is 2.91. The van der Waals surface area contributed by atoms with Gasteiger partial charge in [-0.05, 0) is 26.3 Å². The number of carbonyl (C=O) groups excluding carboxylic acids is 2. The van der Waals surface area contributed by atoms with Crippen LogP contribution in [-0.2, 0) is 11.8 Å². The van der Waals surface area contributed by atoms with E-state index in [1.165, 1.54) is 6.92 Å². The van der Waals surface area contributed by atoms with Gasteiger partial charge >= 0.3 is 0 Å². The minimum atomic E-state index is -0.00212. The zero-order valence-electron chi connectivity index (χ0n) is 12.7. The Hall–Kier alpha value is -1.62. The first-order valence-corrected chi connectivity index (χ1v) is 7.04. The summed E-state index contributed by atoms with van der Waals surface area (Å²) in [6, 6.07) is 2.14. The maximum absolute atomic E-state index is 12.4. The Labute approximate surface area is 119 Å². The Morgan fingerprint density at radius 2 is 2.10 bits per heavy atom. The van der Waals surface area contributed by atoms with Gasteiger partial charge in [-0.2, -0.15) is 0 Å². The summed E-state index contributed by atoms with van der Waals surface area (Å²) >= 11 is 0. The predicted molar refractivity (Wildman–Crippen MR) is 77.9 cm³/mol. The third-order valence-electron chi connectivity index (χ3n) is 4.12. The predicted octanol–water partition coefficient (Wildman–Crippen LogP) is 1.04. The van der Waals surface area contributed by atoms with Crippen molar-refractivity contribution in [3.8, 4) is 0 Å². The Morgan fingerprint density at radius 3 is 2.65 bits per heavy atom. The summed E-state index contributed by atoms with van der Waals surface area (Å²) in [7, 11) is 1.98. The zero-order valence-corrected chi connectivity index (χ0v) is 12.7. The Bertz CT molecular complexity index is 533. The van der Waals surface area contributed by atoms with Crippen LogP contribution in [0.25, 0.3) is 0 Å². The molecule has 0 aliphatic carbocycles. The van der Waals surface area contributed by atoms with Crippen LogP contribution in [0.4, 0.5) is 0 Å². The highest BCUT2D eigenvalue weighted by molar-refractivity contribution is 5.99. The molecule has 0 spiro atoms. The Balaban J connectivity index is 1.96. The Morgan fingerprint density at radius 1 is 1.40 bits per heavy atom. The molecule has 0 aromatic carbocycles. The molecule has 1 aliphatic rings. The van der Waals surface area contributed by atoms with Crippen LogP contribution in [0.2, 0.25) is 0 Å². The van der Waals surface area contributed by atoms with E-state index in [2.05, 4.69) is 10.2 Å². The maximum Gasteiger partial charge on any atom is 0.217 e. The van der Waals surface area contributed by atoms with Crippen molar-refractivity contribution in [2.24, 2.45) is 7.05 Å². The van der Waals surface area contributed by atoms with Gasteiger partial charge in [-0.25, -0.2) is 0 Å². The van der Waals surface area contributed by atoms with Crippen molar-refractivity contribution >= 4 is 11.7 Å². The molecule has 2 heterocycles. The number of carbonyl (C=O) groups is 2. The minimum Gasteiger partial charge on any atom is -0.352 e. The first-order valence-electron chi connectivity index (χ1n) is 7.04. The van der Waals surface area contributed by atoms with Gasteiger partial charge in [0.1, 0.15) is 0 Å². The second-order valence-corrected chi connectivity index (χ2v) is 5.69. The lowest BCUT2D eigenvalue weighted by molar-refractivity contribution is -0.119. The molecule has 1 fully saturated rings. The number of nitrogens with zero attached hydrogens (tertiary/aromatic N) is 2. The van der Waals surface area contributed by atoms with E-state index in [0.29, 0.717) is 6.54 Å². The van der Waals surface area contributed by atoms with Crippen molar-refractivity contribution in [1.82, 2.24) is 14.8 Å². The molecule has 0 radical (unpaired) electrons. The second-order valence-electron chi connectivity index (χ2n) is 5.69. The van der Waals surface area contributed by atoms with Crippen LogP contribution < -0.4 is 5.32 Å². The molecule has 1 amide bonds. The molecule has 1 saturated heterocycles. The number of aromatic nitrogens is 1. The lowest BCUT2D eigenvalue weighted by Gasteiger charge is -2.15. The summed E-state index contributed by atoms with van der Waals surface area (Å²) in [4.78, 5) is 25.5. The van der Waals surface area contributed by atoms with E-state index >= 15 is 0 Å². The average molecular weight is 277 g/mol. The summed E-state index contributed by atoms with van der Waals surface area (Å²) in [5.41, 5.74) is 2.93. The van der Waals surface area contributed by atoms with Gasteiger partial charge in [-0.15, -0.1) is 0 Å². The first-order chi connectivity index (χ1) is 9.38. The van der Waals surface area contributed by atoms with Crippen LogP contribution in [0.1, 0.15) is 35.1 Å². The third kappa shape index (κ3) is 3.10. The van der Waals surface area contributed by atoms with Gasteiger partial charge in [0, 0.05) is 50.1 Å². The van der Waals surface area contributed by atoms with E-state index in [0.717, 1.165) is 36.5 Å². The lowest BCUT2D eigenvalue weighted by atomic mass is 10.1. The van der Waals surface area contributed by atoms with E-state index in [1.807, 2.05) is 31.5 Å². The van der Waals surface area contributed by atoms with E-state index in [9.17, 15) is 9.59 Å². The number of hydrogen-bond acceptors (Lipinski definition) is 3. The minimum absolute atomic E-state index is 0.00212. The first kappa shape index (κ1) is 14.8. The standard InChI is InChI=1S/C15H23N3O2/c1-10-7-14(11(2)17(10)4)15(20)9-18-6-5-13(8-18)16-12(3)19/h7,13H,5-6,8-9H2,1-4H3,(H,16,19). The van der Waals surface area contributed by atoms with Crippen LogP contribution in [-0.4, -0.2) is 46.8 Å². The summed E-state index contributed by atoms with van der Waals surface area (Å²) < 4.78 is 2.04. The van der Waals surface area contributed by atoms with Crippen LogP contribution in [0.15, 0.2) is 6.07 Å². The zero-order chi connectivity index (χ0) is 14.9. The number of rotatable bonds is 4. The summed E-state index contributed by atoms with van der Waals surface area (Å²) in [6.45, 7) is 7.57. The molecule has 1 unspecified atom stereocenters. The van der Waals surface area contributed by atoms with Crippen molar-refractivity contribution in [1.29, 1.82) is 0 Å². The fraction of sp³-hybridized carbons (Fsp3) is 0.600. The van der Waals surface area contributed by atoms with Crippen LogP contribution >= 0.6 is 0 Å². The topological polar surface area (TPSA) is 54.3 Å². The molecule has 1 aromatic heterocycles. The van der Waals surface area contributed by atoms with Crippen molar-refractivity contribution in [2.75, 3.05) is 19.6 Å². The van der Waals surface area contributed by atoms with E-state index in [4.69, 9.17) is 0 Å². The molecule has 20 heavy (non-hydrogen) atoms. The van der Waals surface area contributed by atoms with Crippen molar-refractivity contribution in [2.45, 2.75) is 33.2 Å². The highest BCUT2D eigenvalue weighted by Gasteiger charge is 2.25. The van der Waals surface area contributed by atoms with Crippen molar-refractivity contribution < 1.29 is 9.59 Å². The number of ketones is 1. The van der Waals surface area contributed by atoms with Gasteiger partial charge in [-0.3, -0.25) is 14.5 Å². The molecule has 1 N–H and O–H groups in total. The summed E-state index contributed by atoms with van der Waals surface area (Å²) in [5.74, 6) is 0.160. The van der Waals surface area contributed by atoms with Crippen LogP contribution in [0, 0.1) is 13.8 Å². The van der Waals surface area contributed by atoms with E-state index in [1.54, 1.807) is 0 Å². The van der Waals surface area contributed by atoms with E-state index in [-0.39, 0.29) is 17.7 Å². The van der Waals surface area contributed by atoms with Gasteiger partial charge in [0.05, 0.1) is 6.54 Å². The molecule has 1 atom stereocenters. The number of hydrogen-bond donors (Lipinski definition) is 1. The molecule has 5 nitrogen and oxygen atoms in total. The largest absolute Gasteiger partial charge is 0.352 e. The Kier molecular flexibility index (Phi) is 4.28. The van der Waals surface area contributed by atoms with Gasteiger partial charge < -0.3 is 9.88 Å². The number of Topliss-reactive ketones (excluding diaryl/α,β-unsaturated/α-hetero) is 1. The number of nitrogens with one attached hydrogen (secondary N) is 1. The fourth-order valence-electron chi connectivity index (χ4n) is 2.81. The normalized spacial score (nSPS) is 19.3. The van der Waals surface area contributed by atoms with Gasteiger partial charge in [0.15, 0.2) is 5.78 Å². The highest BCUT2D eigenvalue weighted by atomic mass is 16.1. The highest BCUT2D eigenvalue weighted by Crippen LogP contribution is 2.16. The molecule has 0 saturated carbocycles. The molecule has 1 aliphatic heterocycles. The lowest BCUT2D eigenvalue weighted by Crippen LogP contribution is -2.36. The third-order valence-corrected chi connectivity index (χ3v) is 4.12. The van der Waals surface area contributed by atoms with Crippen LogP contribution in [0.5, 0.6) is 0 Å². The smallest absolute Gasteiger partial charge is 0.217 e. The average Bonchev–Trinajstić information content (AvgIpc) is 2.89. The molecule has 5 heteroatoms. The number of likely N-dealkylation sites (tertiary alicyclic amines) is 1. The molecule has 0 bridgehead atoms. The number of amides is 1. The SMILES string of the molecule is CC(=O)NC1CCN(CC(=O)c2cc(C)n(C)c2C)C1. The molecular formula is C15H23N3O2. The molecule has 1 aromatic rings. The maximum atomic E-state index is 12.4. The monoisotopic (exact) mass is 277 g/mol. The fourth-order valence-corrected chi connectivity index (χ4v) is 2.81. The molecule has 110 valence electrons. The summed E-state index contributed by atoms with van der Waals surface area (Å²) in [6.07, 6.45) is 0.916. The van der Waals surface area contributed by atoms with Gasteiger partial charge in [-0.1, -0.05) is 0 Å². The molecule has 2 rings (SSSR count). The quantitative estimate of drug-likeness (QED) is 0.837. The van der Waals surface area contributed by atoms with E-state index < -0.39 is 0 Å². The second kappa shape index (κ2) is 5.79. The van der Waals surface area contributed by atoms with Crippen molar-refractivity contribution in [3.05, 3.63) is 23.0 Å². The molecular weight excluding hydrogens is 254 g/mol.